The van der Waals surface area contributed by atoms with Crippen LogP contribution in [0.3, 0.4) is 0 Å². The zero-order valence-electron chi connectivity index (χ0n) is 19.3. The average molecular weight is 438 g/mol. The van der Waals surface area contributed by atoms with E-state index in [1.807, 2.05) is 69.2 Å². The van der Waals surface area contributed by atoms with E-state index in [2.05, 4.69) is 0 Å². The van der Waals surface area contributed by atoms with Crippen molar-refractivity contribution in [3.05, 3.63) is 65.2 Å². The Kier molecular flexibility index (Phi) is 7.20. The number of amides is 1. The lowest BCUT2D eigenvalue weighted by Crippen LogP contribution is -2.35. The zero-order valence-corrected chi connectivity index (χ0v) is 19.3. The number of carbonyl (C=O) groups excluding carboxylic acids is 2. The molecule has 0 bridgehead atoms. The summed E-state index contributed by atoms with van der Waals surface area (Å²) >= 11 is 0. The highest BCUT2D eigenvalue weighted by Crippen LogP contribution is 2.40. The molecular formula is C25H31N3O4. The minimum atomic E-state index is -0.676. The summed E-state index contributed by atoms with van der Waals surface area (Å²) in [4.78, 5) is 31.5. The quantitative estimate of drug-likeness (QED) is 0.389. The molecule has 1 unspecified atom stereocenters. The fraction of sp³-hybridized carbons (Fsp3) is 0.360. The maximum absolute atomic E-state index is 13.1. The van der Waals surface area contributed by atoms with E-state index in [0.717, 1.165) is 11.3 Å². The van der Waals surface area contributed by atoms with Gasteiger partial charge in [-0.1, -0.05) is 24.3 Å². The summed E-state index contributed by atoms with van der Waals surface area (Å²) in [6, 6.07) is 13.9. The number of hydrogen-bond donors (Lipinski definition) is 1. The normalized spacial score (nSPS) is 17.8. The fourth-order valence-electron chi connectivity index (χ4n) is 3.78. The van der Waals surface area contributed by atoms with E-state index in [1.54, 1.807) is 29.2 Å². The molecule has 0 radical (unpaired) electrons. The predicted octanol–water partition coefficient (Wildman–Crippen LogP) is 3.13. The van der Waals surface area contributed by atoms with Gasteiger partial charge in [-0.05, 0) is 50.8 Å². The summed E-state index contributed by atoms with van der Waals surface area (Å²) in [6.07, 6.45) is 0. The van der Waals surface area contributed by atoms with E-state index in [1.165, 1.54) is 0 Å². The second-order valence-electron chi connectivity index (χ2n) is 8.24. The van der Waals surface area contributed by atoms with Crippen LogP contribution in [-0.2, 0) is 9.59 Å². The van der Waals surface area contributed by atoms with E-state index >= 15 is 0 Å². The van der Waals surface area contributed by atoms with Gasteiger partial charge in [0.05, 0.1) is 18.2 Å². The number of likely N-dealkylation sites (N-methyl/N-ethyl adjacent to an activating group) is 1. The van der Waals surface area contributed by atoms with Gasteiger partial charge in [0.1, 0.15) is 11.5 Å². The first kappa shape index (κ1) is 23.3. The molecule has 0 spiro atoms. The Hall–Kier alpha value is -3.32. The van der Waals surface area contributed by atoms with Crippen LogP contribution >= 0.6 is 0 Å². The minimum absolute atomic E-state index is 0.0972. The first-order valence-electron chi connectivity index (χ1n) is 10.7. The molecule has 1 aliphatic rings. The zero-order chi connectivity index (χ0) is 23.4. The lowest BCUT2D eigenvalue weighted by atomic mass is 9.95. The van der Waals surface area contributed by atoms with Crippen molar-refractivity contribution in [3.8, 4) is 5.75 Å². The molecule has 1 atom stereocenters. The number of benzene rings is 2. The summed E-state index contributed by atoms with van der Waals surface area (Å²) in [5.74, 6) is -0.884. The molecule has 1 heterocycles. The molecule has 170 valence electrons. The number of hydrogen-bond acceptors (Lipinski definition) is 6. The molecule has 0 aromatic heterocycles. The third-order valence-corrected chi connectivity index (χ3v) is 5.47. The highest BCUT2D eigenvalue weighted by atomic mass is 16.5. The smallest absolute Gasteiger partial charge is 0.295 e. The van der Waals surface area contributed by atoms with E-state index in [-0.39, 0.29) is 11.3 Å². The van der Waals surface area contributed by atoms with Crippen molar-refractivity contribution >= 4 is 23.1 Å². The number of rotatable bonds is 8. The number of anilines is 1. The number of ketones is 1. The van der Waals surface area contributed by atoms with Crippen LogP contribution in [0.5, 0.6) is 5.75 Å². The van der Waals surface area contributed by atoms with Crippen molar-refractivity contribution in [2.75, 3.05) is 52.8 Å². The topological polar surface area (TPSA) is 73.3 Å². The van der Waals surface area contributed by atoms with Gasteiger partial charge in [0, 0.05) is 38.4 Å². The molecule has 1 N–H and O–H groups in total. The van der Waals surface area contributed by atoms with Gasteiger partial charge < -0.3 is 24.5 Å². The molecule has 2 aromatic carbocycles. The van der Waals surface area contributed by atoms with Crippen molar-refractivity contribution in [1.29, 1.82) is 0 Å². The van der Waals surface area contributed by atoms with Gasteiger partial charge in [-0.15, -0.1) is 0 Å². The predicted molar refractivity (Wildman–Crippen MR) is 126 cm³/mol. The SMILES string of the molecule is CCOc1cccc(C(O)=C2C(=O)C(=O)N(CCN(C)C)C2c2ccc(N(C)C)cc2)c1. The van der Waals surface area contributed by atoms with Crippen LogP contribution in [-0.4, -0.2) is 74.5 Å². The van der Waals surface area contributed by atoms with Crippen LogP contribution in [0.4, 0.5) is 5.69 Å². The Morgan fingerprint density at radius 2 is 1.75 bits per heavy atom. The summed E-state index contributed by atoms with van der Waals surface area (Å²) < 4.78 is 5.53. The maximum Gasteiger partial charge on any atom is 0.295 e. The largest absolute Gasteiger partial charge is 0.507 e. The van der Waals surface area contributed by atoms with Gasteiger partial charge in [0.15, 0.2) is 0 Å². The highest BCUT2D eigenvalue weighted by molar-refractivity contribution is 6.46. The summed E-state index contributed by atoms with van der Waals surface area (Å²) in [5, 5.41) is 11.2. The average Bonchev–Trinajstić information content (AvgIpc) is 3.02. The van der Waals surface area contributed by atoms with Crippen LogP contribution in [0.15, 0.2) is 54.1 Å². The monoisotopic (exact) mass is 437 g/mol. The van der Waals surface area contributed by atoms with Crippen molar-refractivity contribution in [3.63, 3.8) is 0 Å². The molecule has 7 heteroatoms. The second-order valence-corrected chi connectivity index (χ2v) is 8.24. The van der Waals surface area contributed by atoms with Crippen LogP contribution < -0.4 is 9.64 Å². The molecule has 3 rings (SSSR count). The number of aliphatic hydroxyl groups excluding tert-OH is 1. The number of aliphatic hydroxyl groups is 1. The Morgan fingerprint density at radius 1 is 1.06 bits per heavy atom. The summed E-state index contributed by atoms with van der Waals surface area (Å²) in [7, 11) is 7.72. The molecule has 2 aromatic rings. The molecule has 0 aliphatic carbocycles. The van der Waals surface area contributed by atoms with Crippen molar-refractivity contribution < 1.29 is 19.4 Å². The lowest BCUT2D eigenvalue weighted by Gasteiger charge is -2.27. The minimum Gasteiger partial charge on any atom is -0.507 e. The highest BCUT2D eigenvalue weighted by Gasteiger charge is 2.45. The maximum atomic E-state index is 13.1. The molecule has 1 saturated heterocycles. The van der Waals surface area contributed by atoms with Crippen molar-refractivity contribution in [2.45, 2.75) is 13.0 Å². The summed E-state index contributed by atoms with van der Waals surface area (Å²) in [5.41, 5.74) is 2.32. The van der Waals surface area contributed by atoms with Gasteiger partial charge >= 0.3 is 0 Å². The molecule has 7 nitrogen and oxygen atoms in total. The van der Waals surface area contributed by atoms with E-state index in [9.17, 15) is 14.7 Å². The molecule has 1 fully saturated rings. The number of nitrogens with zero attached hydrogens (tertiary/aromatic N) is 3. The Balaban J connectivity index is 2.12. The number of likely N-dealkylation sites (tertiary alicyclic amines) is 1. The van der Waals surface area contributed by atoms with Crippen LogP contribution in [0.1, 0.15) is 24.1 Å². The van der Waals surface area contributed by atoms with Crippen molar-refractivity contribution in [2.24, 2.45) is 0 Å². The molecule has 1 aliphatic heterocycles. The van der Waals surface area contributed by atoms with E-state index < -0.39 is 17.7 Å². The lowest BCUT2D eigenvalue weighted by molar-refractivity contribution is -0.140. The van der Waals surface area contributed by atoms with Gasteiger partial charge in [0.2, 0.25) is 0 Å². The molecular weight excluding hydrogens is 406 g/mol. The number of carbonyl (C=O) groups is 2. The third-order valence-electron chi connectivity index (χ3n) is 5.47. The van der Waals surface area contributed by atoms with Crippen LogP contribution in [0.2, 0.25) is 0 Å². The van der Waals surface area contributed by atoms with E-state index in [4.69, 9.17) is 4.74 Å². The van der Waals surface area contributed by atoms with Crippen LogP contribution in [0, 0.1) is 0 Å². The first-order chi connectivity index (χ1) is 15.2. The van der Waals surface area contributed by atoms with E-state index in [0.29, 0.717) is 31.0 Å². The van der Waals surface area contributed by atoms with Gasteiger partial charge in [-0.25, -0.2) is 0 Å². The number of Topliss-reactive ketones (excluding diaryl/α,β-unsaturated/α-hetero) is 1. The van der Waals surface area contributed by atoms with Gasteiger partial charge in [-0.2, -0.15) is 0 Å². The Labute approximate surface area is 189 Å². The van der Waals surface area contributed by atoms with Gasteiger partial charge in [-0.3, -0.25) is 9.59 Å². The molecule has 32 heavy (non-hydrogen) atoms. The standard InChI is InChI=1S/C25H31N3O4/c1-6-32-20-9-7-8-18(16-20)23(29)21-22(17-10-12-19(13-11-17)27(4)5)28(15-14-26(2)3)25(31)24(21)30/h7-13,16,22,29H,6,14-15H2,1-5H3. The second kappa shape index (κ2) is 9.87. The van der Waals surface area contributed by atoms with Crippen LogP contribution in [0.25, 0.3) is 5.76 Å². The van der Waals surface area contributed by atoms with Gasteiger partial charge in [0.25, 0.3) is 11.7 Å². The molecule has 0 saturated carbocycles. The first-order valence-corrected chi connectivity index (χ1v) is 10.7. The van der Waals surface area contributed by atoms with Crippen molar-refractivity contribution in [1.82, 2.24) is 9.80 Å². The fourth-order valence-corrected chi connectivity index (χ4v) is 3.78. The number of ether oxygens (including phenoxy) is 1. The molecule has 1 amide bonds. The Bertz CT molecular complexity index is 1010. The summed E-state index contributed by atoms with van der Waals surface area (Å²) in [6.45, 7) is 3.32. The third kappa shape index (κ3) is 4.78. The Morgan fingerprint density at radius 3 is 2.34 bits per heavy atom.